The Labute approximate surface area is 345 Å². The van der Waals surface area contributed by atoms with Crippen LogP contribution >= 0.6 is 11.6 Å². The van der Waals surface area contributed by atoms with Gasteiger partial charge in [0.2, 0.25) is 35.4 Å². The molecule has 1 heterocycles. The molecule has 1 radical (unpaired) electrons. The van der Waals surface area contributed by atoms with Crippen molar-refractivity contribution in [2.45, 2.75) is 89.1 Å². The van der Waals surface area contributed by atoms with Gasteiger partial charge in [-0.2, -0.15) is 0 Å². The number of anilines is 1. The van der Waals surface area contributed by atoms with Gasteiger partial charge in [0.15, 0.2) is 0 Å². The van der Waals surface area contributed by atoms with Gasteiger partial charge in [-0.25, -0.2) is 0 Å². The molecule has 3 aromatic rings. The largest absolute Gasteiger partial charge is 0.356 e. The van der Waals surface area contributed by atoms with Crippen LogP contribution in [-0.2, 0) is 66.6 Å². The van der Waals surface area contributed by atoms with E-state index in [1.807, 2.05) is 42.5 Å². The van der Waals surface area contributed by atoms with Gasteiger partial charge in [-0.3, -0.25) is 28.8 Å². The van der Waals surface area contributed by atoms with Crippen molar-refractivity contribution in [1.82, 2.24) is 26.6 Å². The average Bonchev–Trinajstić information content (AvgIpc) is 3.61. The van der Waals surface area contributed by atoms with Crippen molar-refractivity contribution in [3.05, 3.63) is 101 Å². The van der Waals surface area contributed by atoms with Crippen molar-refractivity contribution in [1.29, 1.82) is 0 Å². The zero-order valence-corrected chi connectivity index (χ0v) is 33.7. The average molecular weight is 822 g/mol. The molecule has 3 aromatic carbocycles. The van der Waals surface area contributed by atoms with E-state index in [-0.39, 0.29) is 80.8 Å². The number of nitrogens with one attached hydrogen (secondary N) is 6. The molecule has 1 spiro atoms. The van der Waals surface area contributed by atoms with Crippen molar-refractivity contribution in [3.63, 3.8) is 0 Å². The number of rotatable bonds is 9. The van der Waals surface area contributed by atoms with Crippen LogP contribution in [-0.4, -0.2) is 67.2 Å². The first-order chi connectivity index (χ1) is 26.6. The molecule has 297 valence electrons. The molecule has 2 atom stereocenters. The summed E-state index contributed by atoms with van der Waals surface area (Å²) in [6.45, 7) is 0.771. The number of halogens is 1. The summed E-state index contributed by atoms with van der Waals surface area (Å²) in [4.78, 5) is 79.0. The van der Waals surface area contributed by atoms with Gasteiger partial charge in [0.25, 0.3) is 0 Å². The van der Waals surface area contributed by atoms with Crippen molar-refractivity contribution in [3.8, 4) is 0 Å². The number of amides is 6. The molecule has 14 heteroatoms. The Hall–Kier alpha value is -4.65. The molecule has 1 aliphatic carbocycles. The van der Waals surface area contributed by atoms with Crippen LogP contribution in [0.3, 0.4) is 0 Å². The molecule has 0 aromatic heterocycles. The molecule has 1 aliphatic heterocycles. The Kier molecular flexibility index (Phi) is 17.5. The molecule has 2 aliphatic rings. The third kappa shape index (κ3) is 14.1. The fourth-order valence-electron chi connectivity index (χ4n) is 7.28. The standard InChI is InChI=1S/C42H51ClN6O6.V/c43-33-14-6-5-13-31(33)25-35(48-36(50)24-29-11-3-1-4-12-29)41(55)47-32-17-15-30(16-18-32)23-34-40(54)46-28-39(53)45-22-10-2-9-21-44-37(51)26-42(19-7-8-20-42)27-38(52)49-34;/h1,3-6,11-18,34-35H,2,7-10,19-28H2,(H,44,51)(H,45,53)(H,46,54)(H,47,55)(H,48,50)(H,49,52);/t34-,35+;/m1./s1. The molecule has 56 heavy (non-hydrogen) atoms. The summed E-state index contributed by atoms with van der Waals surface area (Å²) < 4.78 is 0. The summed E-state index contributed by atoms with van der Waals surface area (Å²) in [5, 5.41) is 17.6. The monoisotopic (exact) mass is 821 g/mol. The summed E-state index contributed by atoms with van der Waals surface area (Å²) in [7, 11) is 0. The van der Waals surface area contributed by atoms with Crippen LogP contribution in [0.4, 0.5) is 5.69 Å². The van der Waals surface area contributed by atoms with Crippen molar-refractivity contribution < 1.29 is 47.3 Å². The van der Waals surface area contributed by atoms with Crippen molar-refractivity contribution in [2.75, 3.05) is 25.0 Å². The van der Waals surface area contributed by atoms with Crippen LogP contribution in [0.25, 0.3) is 0 Å². The summed E-state index contributed by atoms with van der Waals surface area (Å²) in [5.74, 6) is -1.99. The first kappa shape index (κ1) is 44.1. The zero-order chi connectivity index (χ0) is 39.0. The molecule has 6 N–H and O–H groups in total. The molecular weight excluding hydrogens is 771 g/mol. The maximum absolute atomic E-state index is 13.6. The molecular formula is C42H51ClN6O6V. The van der Waals surface area contributed by atoms with E-state index in [0.717, 1.165) is 50.5 Å². The van der Waals surface area contributed by atoms with Gasteiger partial charge in [0, 0.05) is 68.0 Å². The Morgan fingerprint density at radius 2 is 1.38 bits per heavy atom. The quantitative estimate of drug-likeness (QED) is 0.189. The van der Waals surface area contributed by atoms with Gasteiger partial charge >= 0.3 is 0 Å². The predicted octanol–water partition coefficient (Wildman–Crippen LogP) is 4.15. The van der Waals surface area contributed by atoms with Crippen LogP contribution in [0, 0.1) is 5.41 Å². The Morgan fingerprint density at radius 1 is 0.732 bits per heavy atom. The van der Waals surface area contributed by atoms with E-state index < -0.39 is 29.3 Å². The molecule has 12 nitrogen and oxygen atoms in total. The maximum atomic E-state index is 13.6. The second-order valence-electron chi connectivity index (χ2n) is 14.6. The first-order valence-corrected chi connectivity index (χ1v) is 19.5. The fraction of sp³-hybridized carbons (Fsp3) is 0.429. The number of carbonyl (C=O) groups is 6. The zero-order valence-electron chi connectivity index (χ0n) is 31.5. The van der Waals surface area contributed by atoms with Gasteiger partial charge in [-0.05, 0) is 72.4 Å². The van der Waals surface area contributed by atoms with Crippen LogP contribution in [0.1, 0.15) is 74.5 Å². The Balaban J connectivity index is 0.00000696. The molecule has 0 unspecified atom stereocenters. The Bertz CT molecular complexity index is 1800. The van der Waals surface area contributed by atoms with Gasteiger partial charge in [0.05, 0.1) is 13.0 Å². The second-order valence-corrected chi connectivity index (χ2v) is 15.0. The minimum Gasteiger partial charge on any atom is -0.356 e. The minimum atomic E-state index is -0.994. The van der Waals surface area contributed by atoms with E-state index in [2.05, 4.69) is 31.9 Å². The van der Waals surface area contributed by atoms with E-state index in [9.17, 15) is 28.8 Å². The number of hydrogen-bond donors (Lipinski definition) is 6. The first-order valence-electron chi connectivity index (χ1n) is 19.1. The van der Waals surface area contributed by atoms with E-state index in [1.165, 1.54) is 0 Å². The summed E-state index contributed by atoms with van der Waals surface area (Å²) in [6.07, 6.45) is 6.53. The number of hydrogen-bond acceptors (Lipinski definition) is 6. The SMILES string of the molecule is O=C1CNC(=O)[C@@H](Cc2ccc(NC(=O)[C@H](Cc3ccccc3Cl)NC(=O)Cc3ccccc3)cc2)NC(=O)CC2(CCCC2)CC(=O)NCCCCCN1.[V]. The smallest absolute Gasteiger partial charge is 0.247 e. The van der Waals surface area contributed by atoms with E-state index in [4.69, 9.17) is 11.6 Å². The third-order valence-electron chi connectivity index (χ3n) is 10.2. The molecule has 5 rings (SSSR count). The summed E-state index contributed by atoms with van der Waals surface area (Å²) in [6, 6.07) is 21.3. The van der Waals surface area contributed by atoms with Crippen LogP contribution in [0.2, 0.25) is 5.02 Å². The van der Waals surface area contributed by atoms with Gasteiger partial charge < -0.3 is 31.9 Å². The van der Waals surface area contributed by atoms with Crippen molar-refractivity contribution >= 4 is 52.7 Å². The third-order valence-corrected chi connectivity index (χ3v) is 10.6. The van der Waals surface area contributed by atoms with Crippen molar-refractivity contribution in [2.24, 2.45) is 5.41 Å². The number of benzene rings is 3. The fourth-order valence-corrected chi connectivity index (χ4v) is 7.50. The van der Waals surface area contributed by atoms with Gasteiger partial charge in [-0.1, -0.05) is 85.1 Å². The normalized spacial score (nSPS) is 18.8. The number of carbonyl (C=O) groups excluding carboxylic acids is 6. The predicted molar refractivity (Wildman–Crippen MR) is 211 cm³/mol. The summed E-state index contributed by atoms with van der Waals surface area (Å²) >= 11 is 6.42. The van der Waals surface area contributed by atoms with E-state index in [1.54, 1.807) is 36.4 Å². The van der Waals surface area contributed by atoms with E-state index in [0.29, 0.717) is 34.9 Å². The van der Waals surface area contributed by atoms with Crippen LogP contribution in [0.5, 0.6) is 0 Å². The minimum absolute atomic E-state index is 0. The topological polar surface area (TPSA) is 175 Å². The van der Waals surface area contributed by atoms with Gasteiger partial charge in [-0.15, -0.1) is 0 Å². The molecule has 1 saturated heterocycles. The van der Waals surface area contributed by atoms with Crippen LogP contribution in [0.15, 0.2) is 78.9 Å². The van der Waals surface area contributed by atoms with E-state index >= 15 is 0 Å². The molecule has 1 saturated carbocycles. The molecule has 6 amide bonds. The van der Waals surface area contributed by atoms with Gasteiger partial charge in [0.1, 0.15) is 12.1 Å². The molecule has 2 fully saturated rings. The van der Waals surface area contributed by atoms with Crippen LogP contribution < -0.4 is 31.9 Å². The molecule has 0 bridgehead atoms. The summed E-state index contributed by atoms with van der Waals surface area (Å²) in [5.41, 5.74) is 2.22. The maximum Gasteiger partial charge on any atom is 0.247 e. The second kappa shape index (κ2) is 22.2. The Morgan fingerprint density at radius 3 is 2.07 bits per heavy atom.